The SMILES string of the molecule is O=C(O)C(=Cc1ccccc1[N+](=O)[O-])c1cccs1. The predicted molar refractivity (Wildman–Crippen MR) is 72.9 cm³/mol. The van der Waals surface area contributed by atoms with Crippen molar-refractivity contribution < 1.29 is 14.8 Å². The summed E-state index contributed by atoms with van der Waals surface area (Å²) in [5.74, 6) is -1.11. The molecule has 19 heavy (non-hydrogen) atoms. The average molecular weight is 275 g/mol. The van der Waals surface area contributed by atoms with Gasteiger partial charge >= 0.3 is 5.97 Å². The van der Waals surface area contributed by atoms with E-state index < -0.39 is 10.9 Å². The maximum absolute atomic E-state index is 11.3. The second kappa shape index (κ2) is 5.45. The van der Waals surface area contributed by atoms with Crippen LogP contribution < -0.4 is 0 Å². The Morgan fingerprint density at radius 1 is 1.26 bits per heavy atom. The van der Waals surface area contributed by atoms with Crippen molar-refractivity contribution in [2.75, 3.05) is 0 Å². The molecule has 0 aliphatic heterocycles. The van der Waals surface area contributed by atoms with Gasteiger partial charge in [-0.15, -0.1) is 11.3 Å². The lowest BCUT2D eigenvalue weighted by Crippen LogP contribution is -1.98. The minimum Gasteiger partial charge on any atom is -0.478 e. The molecule has 0 spiro atoms. The Bertz CT molecular complexity index is 646. The van der Waals surface area contributed by atoms with E-state index in [1.165, 1.54) is 29.5 Å². The van der Waals surface area contributed by atoms with Gasteiger partial charge in [-0.1, -0.05) is 18.2 Å². The number of nitro benzene ring substituents is 1. The summed E-state index contributed by atoms with van der Waals surface area (Å²) in [7, 11) is 0. The third-order valence-electron chi connectivity index (χ3n) is 2.45. The average Bonchev–Trinajstić information content (AvgIpc) is 2.89. The molecule has 1 N–H and O–H groups in total. The zero-order valence-corrected chi connectivity index (χ0v) is 10.5. The van der Waals surface area contributed by atoms with Gasteiger partial charge in [0.15, 0.2) is 0 Å². The smallest absolute Gasteiger partial charge is 0.337 e. The summed E-state index contributed by atoms with van der Waals surface area (Å²) in [5, 5.41) is 21.9. The fraction of sp³-hybridized carbons (Fsp3) is 0. The highest BCUT2D eigenvalue weighted by atomic mass is 32.1. The van der Waals surface area contributed by atoms with Crippen LogP contribution in [0.4, 0.5) is 5.69 Å². The molecular formula is C13H9NO4S. The summed E-state index contributed by atoms with van der Waals surface area (Å²) in [6.07, 6.45) is 1.33. The number of hydrogen-bond donors (Lipinski definition) is 1. The molecular weight excluding hydrogens is 266 g/mol. The van der Waals surface area contributed by atoms with Gasteiger partial charge < -0.3 is 5.11 Å². The molecule has 0 aliphatic rings. The molecule has 0 atom stereocenters. The molecule has 2 rings (SSSR count). The van der Waals surface area contributed by atoms with Crippen LogP contribution in [0.15, 0.2) is 41.8 Å². The Morgan fingerprint density at radius 2 is 2.00 bits per heavy atom. The number of para-hydroxylation sites is 1. The summed E-state index contributed by atoms with van der Waals surface area (Å²) in [6.45, 7) is 0. The number of nitro groups is 1. The van der Waals surface area contributed by atoms with Gasteiger partial charge in [0, 0.05) is 10.9 Å². The first-order valence-electron chi connectivity index (χ1n) is 5.32. The first-order chi connectivity index (χ1) is 9.09. The van der Waals surface area contributed by atoms with E-state index in [0.717, 1.165) is 0 Å². The number of aliphatic carboxylic acids is 1. The second-order valence-corrected chi connectivity index (χ2v) is 4.60. The maximum Gasteiger partial charge on any atom is 0.337 e. The monoisotopic (exact) mass is 275 g/mol. The Morgan fingerprint density at radius 3 is 2.58 bits per heavy atom. The normalized spacial score (nSPS) is 11.3. The molecule has 5 nitrogen and oxygen atoms in total. The fourth-order valence-electron chi connectivity index (χ4n) is 1.60. The van der Waals surface area contributed by atoms with Gasteiger partial charge in [-0.25, -0.2) is 4.79 Å². The van der Waals surface area contributed by atoms with Crippen LogP contribution in [0.25, 0.3) is 11.6 Å². The van der Waals surface area contributed by atoms with Gasteiger partial charge in [-0.05, 0) is 23.6 Å². The standard InChI is InChI=1S/C13H9NO4S/c15-13(16)10(12-6-3-7-19-12)8-9-4-1-2-5-11(9)14(17)18/h1-8H,(H,15,16). The van der Waals surface area contributed by atoms with E-state index in [4.69, 9.17) is 0 Å². The van der Waals surface area contributed by atoms with E-state index in [-0.39, 0.29) is 16.8 Å². The van der Waals surface area contributed by atoms with Crippen LogP contribution in [0.5, 0.6) is 0 Å². The summed E-state index contributed by atoms with van der Waals surface area (Å²) < 4.78 is 0. The molecule has 6 heteroatoms. The molecule has 0 bridgehead atoms. The number of carbonyl (C=O) groups is 1. The first kappa shape index (κ1) is 13.0. The highest BCUT2D eigenvalue weighted by Crippen LogP contribution is 2.27. The number of thiophene rings is 1. The van der Waals surface area contributed by atoms with Crippen LogP contribution in [0.2, 0.25) is 0 Å². The summed E-state index contributed by atoms with van der Waals surface area (Å²) in [4.78, 5) is 22.2. The van der Waals surface area contributed by atoms with Gasteiger partial charge in [0.25, 0.3) is 5.69 Å². The van der Waals surface area contributed by atoms with Gasteiger partial charge in [-0.3, -0.25) is 10.1 Å². The number of rotatable bonds is 4. The minimum atomic E-state index is -1.11. The molecule has 0 radical (unpaired) electrons. The predicted octanol–water partition coefficient (Wildman–Crippen LogP) is 3.28. The molecule has 96 valence electrons. The zero-order valence-electron chi connectivity index (χ0n) is 9.65. The van der Waals surface area contributed by atoms with Crippen molar-refractivity contribution in [3.8, 4) is 0 Å². The van der Waals surface area contributed by atoms with Crippen LogP contribution in [0, 0.1) is 10.1 Å². The fourth-order valence-corrected chi connectivity index (χ4v) is 2.34. The minimum absolute atomic E-state index is 0.0456. The molecule has 0 saturated heterocycles. The van der Waals surface area contributed by atoms with Crippen molar-refractivity contribution in [1.82, 2.24) is 0 Å². The topological polar surface area (TPSA) is 80.4 Å². The highest BCUT2D eigenvalue weighted by Gasteiger charge is 2.16. The molecule has 0 fully saturated rings. The summed E-state index contributed by atoms with van der Waals surface area (Å²) in [6, 6.07) is 9.44. The lowest BCUT2D eigenvalue weighted by atomic mass is 10.1. The molecule has 0 unspecified atom stereocenters. The molecule has 0 aliphatic carbocycles. The van der Waals surface area contributed by atoms with Gasteiger partial charge in [0.05, 0.1) is 16.1 Å². The lowest BCUT2D eigenvalue weighted by molar-refractivity contribution is -0.385. The van der Waals surface area contributed by atoms with E-state index in [1.807, 2.05) is 0 Å². The molecule has 2 aromatic rings. The number of hydrogen-bond acceptors (Lipinski definition) is 4. The molecule has 0 amide bonds. The summed E-state index contributed by atoms with van der Waals surface area (Å²) in [5.41, 5.74) is 0.209. The first-order valence-corrected chi connectivity index (χ1v) is 6.20. The van der Waals surface area contributed by atoms with Crippen LogP contribution in [0.3, 0.4) is 0 Å². The van der Waals surface area contributed by atoms with E-state index in [2.05, 4.69) is 0 Å². The van der Waals surface area contributed by atoms with E-state index >= 15 is 0 Å². The molecule has 1 heterocycles. The second-order valence-electron chi connectivity index (χ2n) is 3.66. The van der Waals surface area contributed by atoms with E-state index in [0.29, 0.717) is 4.88 Å². The van der Waals surface area contributed by atoms with Crippen molar-refractivity contribution in [1.29, 1.82) is 0 Å². The van der Waals surface area contributed by atoms with Gasteiger partial charge in [0.1, 0.15) is 0 Å². The van der Waals surface area contributed by atoms with E-state index in [1.54, 1.807) is 29.6 Å². The van der Waals surface area contributed by atoms with E-state index in [9.17, 15) is 20.0 Å². The largest absolute Gasteiger partial charge is 0.478 e. The Hall–Kier alpha value is -2.47. The van der Waals surface area contributed by atoms with Crippen molar-refractivity contribution in [3.63, 3.8) is 0 Å². The zero-order chi connectivity index (χ0) is 13.8. The Kier molecular flexibility index (Phi) is 3.72. The van der Waals surface area contributed by atoms with Gasteiger partial charge in [-0.2, -0.15) is 0 Å². The van der Waals surface area contributed by atoms with Crippen molar-refractivity contribution in [3.05, 3.63) is 62.3 Å². The number of benzene rings is 1. The molecule has 1 aromatic carbocycles. The number of nitrogens with zero attached hydrogens (tertiary/aromatic N) is 1. The number of carboxylic acids is 1. The Balaban J connectivity index is 2.55. The maximum atomic E-state index is 11.3. The van der Waals surface area contributed by atoms with Crippen molar-refractivity contribution >= 4 is 34.6 Å². The lowest BCUT2D eigenvalue weighted by Gasteiger charge is -2.01. The van der Waals surface area contributed by atoms with Crippen molar-refractivity contribution in [2.24, 2.45) is 0 Å². The third kappa shape index (κ3) is 2.86. The van der Waals surface area contributed by atoms with Crippen LogP contribution >= 0.6 is 11.3 Å². The molecule has 0 saturated carbocycles. The third-order valence-corrected chi connectivity index (χ3v) is 3.35. The molecule has 1 aromatic heterocycles. The van der Waals surface area contributed by atoms with Crippen molar-refractivity contribution in [2.45, 2.75) is 0 Å². The number of carboxylic acid groups (broad SMARTS) is 1. The van der Waals surface area contributed by atoms with Gasteiger partial charge in [0.2, 0.25) is 0 Å². The van der Waals surface area contributed by atoms with Crippen LogP contribution in [0.1, 0.15) is 10.4 Å². The highest BCUT2D eigenvalue weighted by molar-refractivity contribution is 7.11. The summed E-state index contributed by atoms with van der Waals surface area (Å²) >= 11 is 1.27. The Labute approximate surface area is 112 Å². The quantitative estimate of drug-likeness (QED) is 0.527. The van der Waals surface area contributed by atoms with Crippen LogP contribution in [-0.4, -0.2) is 16.0 Å². The van der Waals surface area contributed by atoms with Crippen LogP contribution in [-0.2, 0) is 4.79 Å².